The molecule has 2 heterocycles. The molecule has 2 aliphatic heterocycles. The van der Waals surface area contributed by atoms with Gasteiger partial charge in [0.15, 0.2) is 0 Å². The van der Waals surface area contributed by atoms with Crippen molar-refractivity contribution in [1.29, 1.82) is 0 Å². The molecule has 0 aliphatic carbocycles. The van der Waals surface area contributed by atoms with Crippen molar-refractivity contribution >= 4 is 11.1 Å². The molecule has 0 bridgehead atoms. The van der Waals surface area contributed by atoms with Gasteiger partial charge in [-0.15, -0.1) is 0 Å². The minimum absolute atomic E-state index is 0.115. The van der Waals surface area contributed by atoms with Crippen molar-refractivity contribution in [1.82, 2.24) is 4.90 Å². The summed E-state index contributed by atoms with van der Waals surface area (Å²) in [5, 5.41) is 19.7. The number of fused-ring (bicyclic) bond motifs is 1. The van der Waals surface area contributed by atoms with Crippen LogP contribution in [0.15, 0.2) is 66.7 Å². The van der Waals surface area contributed by atoms with Gasteiger partial charge in [-0.3, -0.25) is 9.29 Å². The minimum Gasteiger partial charge on any atom is -0.508 e. The van der Waals surface area contributed by atoms with Crippen LogP contribution >= 0.6 is 0 Å². The Kier molecular flexibility index (Phi) is 6.41. The second kappa shape index (κ2) is 9.77. The Morgan fingerprint density at radius 3 is 2.44 bits per heavy atom. The fraction of sp³-hybridized carbons (Fsp3) is 0.286. The van der Waals surface area contributed by atoms with Crippen molar-refractivity contribution in [3.63, 3.8) is 0 Å². The van der Waals surface area contributed by atoms with E-state index in [0.717, 1.165) is 59.6 Å². The van der Waals surface area contributed by atoms with E-state index in [1.807, 2.05) is 42.5 Å². The standard InChI is InChI=1S/C28H28FNO4/c29-13-1-14-30-15-12-24(17-30)34-23-9-4-20(5-10-23)28-25-11-8-22(32)16-27(25)33-18-26(28)19-2-6-21(31)7-3-19/h2-11,16,24,31-32H,1,12-15,17-18H2/t24-/m0/s1. The summed E-state index contributed by atoms with van der Waals surface area (Å²) < 4.78 is 24.6. The maximum absolute atomic E-state index is 12.5. The van der Waals surface area contributed by atoms with Crippen LogP contribution in [0.4, 0.5) is 4.39 Å². The Balaban J connectivity index is 1.43. The van der Waals surface area contributed by atoms with E-state index in [0.29, 0.717) is 18.8 Å². The second-order valence-corrected chi connectivity index (χ2v) is 8.77. The molecule has 3 aromatic carbocycles. The van der Waals surface area contributed by atoms with E-state index in [4.69, 9.17) is 9.47 Å². The van der Waals surface area contributed by atoms with Crippen molar-refractivity contribution in [3.05, 3.63) is 83.4 Å². The number of phenols is 2. The molecule has 176 valence electrons. The van der Waals surface area contributed by atoms with Crippen LogP contribution < -0.4 is 9.47 Å². The fourth-order valence-corrected chi connectivity index (χ4v) is 4.71. The number of halogens is 1. The maximum Gasteiger partial charge on any atom is 0.131 e. The number of ether oxygens (including phenoxy) is 2. The van der Waals surface area contributed by atoms with Gasteiger partial charge in [0.2, 0.25) is 0 Å². The van der Waals surface area contributed by atoms with E-state index in [1.165, 1.54) is 0 Å². The van der Waals surface area contributed by atoms with E-state index in [-0.39, 0.29) is 24.3 Å². The van der Waals surface area contributed by atoms with Crippen LogP contribution in [0.3, 0.4) is 0 Å². The van der Waals surface area contributed by atoms with Crippen molar-refractivity contribution in [2.24, 2.45) is 0 Å². The van der Waals surface area contributed by atoms with Crippen LogP contribution in [0.1, 0.15) is 29.5 Å². The highest BCUT2D eigenvalue weighted by molar-refractivity contribution is 6.01. The van der Waals surface area contributed by atoms with E-state index < -0.39 is 0 Å². The van der Waals surface area contributed by atoms with E-state index in [9.17, 15) is 14.6 Å². The Hall–Kier alpha value is -3.51. The Labute approximate surface area is 198 Å². The zero-order chi connectivity index (χ0) is 23.5. The maximum atomic E-state index is 12.5. The summed E-state index contributed by atoms with van der Waals surface area (Å²) in [5.41, 5.74) is 4.91. The molecular formula is C28H28FNO4. The first kappa shape index (κ1) is 22.3. The molecule has 6 heteroatoms. The second-order valence-electron chi connectivity index (χ2n) is 8.77. The van der Waals surface area contributed by atoms with Crippen LogP contribution in [0.2, 0.25) is 0 Å². The van der Waals surface area contributed by atoms with Crippen LogP contribution in [0, 0.1) is 0 Å². The molecule has 0 radical (unpaired) electrons. The van der Waals surface area contributed by atoms with Crippen molar-refractivity contribution in [2.45, 2.75) is 18.9 Å². The summed E-state index contributed by atoms with van der Waals surface area (Å²) in [4.78, 5) is 2.25. The molecule has 0 aromatic heterocycles. The van der Waals surface area contributed by atoms with Gasteiger partial charge in [-0.1, -0.05) is 24.3 Å². The lowest BCUT2D eigenvalue weighted by Crippen LogP contribution is -2.26. The highest BCUT2D eigenvalue weighted by Crippen LogP contribution is 2.42. The molecule has 0 amide bonds. The normalized spacial score (nSPS) is 18.0. The summed E-state index contributed by atoms with van der Waals surface area (Å²) in [6, 6.07) is 20.3. The number of rotatable bonds is 7. The predicted molar refractivity (Wildman–Crippen MR) is 130 cm³/mol. The first-order chi connectivity index (χ1) is 16.6. The van der Waals surface area contributed by atoms with E-state index in [1.54, 1.807) is 24.3 Å². The summed E-state index contributed by atoms with van der Waals surface area (Å²) in [6.45, 7) is 2.62. The highest BCUT2D eigenvalue weighted by Gasteiger charge is 2.25. The van der Waals surface area contributed by atoms with Gasteiger partial charge in [0.05, 0.1) is 6.67 Å². The Bertz CT molecular complexity index is 1170. The van der Waals surface area contributed by atoms with Crippen molar-refractivity contribution in [3.8, 4) is 23.0 Å². The van der Waals surface area contributed by atoms with Gasteiger partial charge in [0, 0.05) is 36.8 Å². The number of phenolic OH excluding ortho intramolecular Hbond substituents is 2. The molecule has 1 fully saturated rings. The number of likely N-dealkylation sites (tertiary alicyclic amines) is 1. The predicted octanol–water partition coefficient (Wildman–Crippen LogP) is 5.26. The number of hydrogen-bond acceptors (Lipinski definition) is 5. The quantitative estimate of drug-likeness (QED) is 0.503. The monoisotopic (exact) mass is 461 g/mol. The first-order valence-electron chi connectivity index (χ1n) is 11.6. The van der Waals surface area contributed by atoms with E-state index >= 15 is 0 Å². The van der Waals surface area contributed by atoms with Crippen molar-refractivity contribution < 1.29 is 24.1 Å². The molecule has 34 heavy (non-hydrogen) atoms. The Morgan fingerprint density at radius 1 is 0.941 bits per heavy atom. The molecule has 2 aliphatic rings. The average Bonchev–Trinajstić information content (AvgIpc) is 3.30. The molecule has 1 saturated heterocycles. The van der Waals surface area contributed by atoms with Gasteiger partial charge in [0.1, 0.15) is 35.7 Å². The summed E-state index contributed by atoms with van der Waals surface area (Å²) in [7, 11) is 0. The smallest absolute Gasteiger partial charge is 0.131 e. The number of benzene rings is 3. The van der Waals surface area contributed by atoms with Crippen molar-refractivity contribution in [2.75, 3.05) is 32.9 Å². The largest absolute Gasteiger partial charge is 0.508 e. The zero-order valence-electron chi connectivity index (χ0n) is 18.9. The SMILES string of the molecule is Oc1ccc(C2=C(c3ccc(O[C@H]4CCN(CCCF)C4)cc3)c3ccc(O)cc3OC2)cc1. The lowest BCUT2D eigenvalue weighted by Gasteiger charge is -2.25. The van der Waals surface area contributed by atoms with Gasteiger partial charge >= 0.3 is 0 Å². The zero-order valence-corrected chi connectivity index (χ0v) is 18.9. The number of alkyl halides is 1. The topological polar surface area (TPSA) is 62.2 Å². The third-order valence-corrected chi connectivity index (χ3v) is 6.41. The highest BCUT2D eigenvalue weighted by atomic mass is 19.1. The molecule has 0 spiro atoms. The minimum atomic E-state index is -0.279. The van der Waals surface area contributed by atoms with Gasteiger partial charge in [-0.05, 0) is 65.9 Å². The van der Waals surface area contributed by atoms with Crippen LogP contribution in [-0.2, 0) is 0 Å². The molecule has 0 unspecified atom stereocenters. The molecule has 5 rings (SSSR count). The third-order valence-electron chi connectivity index (χ3n) is 6.41. The van der Waals surface area contributed by atoms with Gasteiger partial charge in [-0.2, -0.15) is 0 Å². The average molecular weight is 462 g/mol. The summed E-state index contributed by atoms with van der Waals surface area (Å²) in [5.74, 6) is 1.82. The third kappa shape index (κ3) is 4.73. The molecule has 0 saturated carbocycles. The molecule has 1 atom stereocenters. The number of hydrogen-bond donors (Lipinski definition) is 2. The molecule has 5 nitrogen and oxygen atoms in total. The molecular weight excluding hydrogens is 433 g/mol. The van der Waals surface area contributed by atoms with Crippen LogP contribution in [0.5, 0.6) is 23.0 Å². The summed E-state index contributed by atoms with van der Waals surface area (Å²) in [6.07, 6.45) is 1.63. The van der Waals surface area contributed by atoms with Crippen LogP contribution in [-0.4, -0.2) is 54.1 Å². The van der Waals surface area contributed by atoms with Gasteiger partial charge < -0.3 is 19.7 Å². The van der Waals surface area contributed by atoms with Gasteiger partial charge in [-0.25, -0.2) is 0 Å². The van der Waals surface area contributed by atoms with Crippen LogP contribution in [0.25, 0.3) is 11.1 Å². The number of nitrogens with zero attached hydrogens (tertiary/aromatic N) is 1. The Morgan fingerprint density at radius 2 is 1.68 bits per heavy atom. The summed E-state index contributed by atoms with van der Waals surface area (Å²) >= 11 is 0. The van der Waals surface area contributed by atoms with Gasteiger partial charge in [0.25, 0.3) is 0 Å². The lowest BCUT2D eigenvalue weighted by atomic mass is 9.87. The lowest BCUT2D eigenvalue weighted by molar-refractivity contribution is 0.198. The molecule has 3 aromatic rings. The fourth-order valence-electron chi connectivity index (χ4n) is 4.71. The van der Waals surface area contributed by atoms with E-state index in [2.05, 4.69) is 4.90 Å². The molecule has 2 N–H and O–H groups in total. The first-order valence-corrected chi connectivity index (χ1v) is 11.6. The number of aromatic hydroxyl groups is 2.